The van der Waals surface area contributed by atoms with Crippen LogP contribution in [0.2, 0.25) is 0 Å². The van der Waals surface area contributed by atoms with Gasteiger partial charge in [0, 0.05) is 13.0 Å². The Hall–Kier alpha value is -1.10. The Morgan fingerprint density at radius 3 is 2.05 bits per heavy atom. The zero-order valence-electron chi connectivity index (χ0n) is 12.8. The van der Waals surface area contributed by atoms with Gasteiger partial charge in [0.2, 0.25) is 5.91 Å². The van der Waals surface area contributed by atoms with E-state index in [9.17, 15) is 14.7 Å². The third-order valence-corrected chi connectivity index (χ3v) is 3.65. The Morgan fingerprint density at radius 1 is 1.16 bits per heavy atom. The molecule has 0 radical (unpaired) electrons. The highest BCUT2D eigenvalue weighted by molar-refractivity contribution is 5.86. The number of amides is 1. The van der Waals surface area contributed by atoms with Gasteiger partial charge in [-0.2, -0.15) is 0 Å². The zero-order chi connectivity index (χ0) is 15.3. The molecule has 19 heavy (non-hydrogen) atoms. The number of hydrogen-bond donors (Lipinski definition) is 2. The Kier molecular flexibility index (Phi) is 6.49. The Morgan fingerprint density at radius 2 is 1.68 bits per heavy atom. The van der Waals surface area contributed by atoms with Crippen molar-refractivity contribution in [2.75, 3.05) is 13.1 Å². The summed E-state index contributed by atoms with van der Waals surface area (Å²) in [5.41, 5.74) is 4.39. The van der Waals surface area contributed by atoms with Crippen LogP contribution in [0.15, 0.2) is 0 Å². The molecule has 0 aliphatic heterocycles. The van der Waals surface area contributed by atoms with Crippen molar-refractivity contribution in [1.29, 1.82) is 0 Å². The highest BCUT2D eigenvalue weighted by Gasteiger charge is 2.36. The van der Waals surface area contributed by atoms with E-state index in [0.717, 1.165) is 12.8 Å². The molecule has 0 bridgehead atoms. The summed E-state index contributed by atoms with van der Waals surface area (Å²) in [5, 5.41) is 9.19. The molecule has 0 aliphatic rings. The molecule has 0 aromatic carbocycles. The third-order valence-electron chi connectivity index (χ3n) is 3.65. The van der Waals surface area contributed by atoms with E-state index in [0.29, 0.717) is 19.5 Å². The van der Waals surface area contributed by atoms with E-state index in [4.69, 9.17) is 5.73 Å². The SMILES string of the molecule is CCN(C(=O)CCC(C)(C)CCN)C(C)(C)C(=O)O. The van der Waals surface area contributed by atoms with Gasteiger partial charge in [0.25, 0.3) is 0 Å². The maximum atomic E-state index is 12.2. The molecule has 5 nitrogen and oxygen atoms in total. The molecule has 112 valence electrons. The highest BCUT2D eigenvalue weighted by atomic mass is 16.4. The van der Waals surface area contributed by atoms with E-state index in [1.165, 1.54) is 4.90 Å². The van der Waals surface area contributed by atoms with Crippen LogP contribution < -0.4 is 5.73 Å². The normalized spacial score (nSPS) is 12.3. The molecule has 0 fully saturated rings. The van der Waals surface area contributed by atoms with E-state index >= 15 is 0 Å². The number of rotatable bonds is 8. The predicted molar refractivity (Wildman–Crippen MR) is 75.8 cm³/mol. The highest BCUT2D eigenvalue weighted by Crippen LogP contribution is 2.27. The molecule has 0 heterocycles. The summed E-state index contributed by atoms with van der Waals surface area (Å²) in [6.45, 7) is 10.1. The first-order valence-electron chi connectivity index (χ1n) is 6.82. The van der Waals surface area contributed by atoms with E-state index in [2.05, 4.69) is 13.8 Å². The van der Waals surface area contributed by atoms with Crippen LogP contribution in [-0.4, -0.2) is 40.5 Å². The lowest BCUT2D eigenvalue weighted by Gasteiger charge is -2.35. The van der Waals surface area contributed by atoms with Gasteiger partial charge in [0.15, 0.2) is 0 Å². The predicted octanol–water partition coefficient (Wildman–Crippen LogP) is 1.85. The quantitative estimate of drug-likeness (QED) is 0.706. The summed E-state index contributed by atoms with van der Waals surface area (Å²) in [7, 11) is 0. The van der Waals surface area contributed by atoms with Crippen LogP contribution in [0.3, 0.4) is 0 Å². The van der Waals surface area contributed by atoms with Crippen molar-refractivity contribution >= 4 is 11.9 Å². The van der Waals surface area contributed by atoms with Gasteiger partial charge in [-0.3, -0.25) is 4.79 Å². The van der Waals surface area contributed by atoms with Crippen LogP contribution in [-0.2, 0) is 9.59 Å². The third kappa shape index (κ3) is 5.19. The largest absolute Gasteiger partial charge is 0.480 e. The summed E-state index contributed by atoms with van der Waals surface area (Å²) in [4.78, 5) is 24.9. The number of hydrogen-bond acceptors (Lipinski definition) is 3. The van der Waals surface area contributed by atoms with Crippen LogP contribution in [0.5, 0.6) is 0 Å². The molecule has 0 atom stereocenters. The number of carboxylic acid groups (broad SMARTS) is 1. The second-order valence-corrected chi connectivity index (χ2v) is 6.21. The summed E-state index contributed by atoms with van der Waals surface area (Å²) < 4.78 is 0. The smallest absolute Gasteiger partial charge is 0.329 e. The topological polar surface area (TPSA) is 83.6 Å². The summed E-state index contributed by atoms with van der Waals surface area (Å²) in [5.74, 6) is -1.09. The molecule has 3 N–H and O–H groups in total. The van der Waals surface area contributed by atoms with Gasteiger partial charge in [0.1, 0.15) is 5.54 Å². The van der Waals surface area contributed by atoms with E-state index in [-0.39, 0.29) is 11.3 Å². The van der Waals surface area contributed by atoms with Gasteiger partial charge in [-0.05, 0) is 45.6 Å². The Bertz CT molecular complexity index is 325. The fraction of sp³-hybridized carbons (Fsp3) is 0.857. The molecule has 1 amide bonds. The first kappa shape index (κ1) is 17.9. The van der Waals surface area contributed by atoms with Gasteiger partial charge >= 0.3 is 5.97 Å². The average Bonchev–Trinajstić information content (AvgIpc) is 2.26. The van der Waals surface area contributed by atoms with Crippen LogP contribution in [0, 0.1) is 5.41 Å². The minimum atomic E-state index is -1.16. The molecule has 0 saturated carbocycles. The molecule has 0 aliphatic carbocycles. The van der Waals surface area contributed by atoms with Gasteiger partial charge in [0.05, 0.1) is 0 Å². The molecule has 5 heteroatoms. The Labute approximate surface area is 116 Å². The lowest BCUT2D eigenvalue weighted by atomic mass is 9.84. The van der Waals surface area contributed by atoms with Gasteiger partial charge in [-0.1, -0.05) is 13.8 Å². The van der Waals surface area contributed by atoms with E-state index in [1.54, 1.807) is 20.8 Å². The fourth-order valence-corrected chi connectivity index (χ4v) is 2.09. The van der Waals surface area contributed by atoms with E-state index < -0.39 is 11.5 Å². The first-order valence-corrected chi connectivity index (χ1v) is 6.82. The van der Waals surface area contributed by atoms with Crippen molar-refractivity contribution in [2.45, 2.75) is 59.4 Å². The standard InChI is InChI=1S/C14H28N2O3/c1-6-16(14(4,5)12(18)19)11(17)7-8-13(2,3)9-10-15/h6-10,15H2,1-5H3,(H,18,19). The lowest BCUT2D eigenvalue weighted by molar-refractivity contribution is -0.156. The Balaban J connectivity index is 4.67. The van der Waals surface area contributed by atoms with Gasteiger partial charge in [-0.15, -0.1) is 0 Å². The van der Waals surface area contributed by atoms with Crippen molar-refractivity contribution in [3.8, 4) is 0 Å². The number of carbonyl (C=O) groups excluding carboxylic acids is 1. The van der Waals surface area contributed by atoms with Crippen molar-refractivity contribution < 1.29 is 14.7 Å². The van der Waals surface area contributed by atoms with Crippen LogP contribution >= 0.6 is 0 Å². The zero-order valence-corrected chi connectivity index (χ0v) is 12.8. The number of nitrogens with two attached hydrogens (primary N) is 1. The summed E-state index contributed by atoms with van der Waals surface area (Å²) in [6.07, 6.45) is 1.93. The van der Waals surface area contributed by atoms with Crippen LogP contribution in [0.4, 0.5) is 0 Å². The number of aliphatic carboxylic acids is 1. The molecular weight excluding hydrogens is 244 g/mol. The molecule has 0 aromatic heterocycles. The minimum absolute atomic E-state index is 0.0111. The maximum absolute atomic E-state index is 12.2. The summed E-state index contributed by atoms with van der Waals surface area (Å²) in [6, 6.07) is 0. The van der Waals surface area contributed by atoms with Crippen molar-refractivity contribution in [3.63, 3.8) is 0 Å². The van der Waals surface area contributed by atoms with Crippen LogP contribution in [0.25, 0.3) is 0 Å². The number of likely N-dealkylation sites (N-methyl/N-ethyl adjacent to an activating group) is 1. The van der Waals surface area contributed by atoms with Gasteiger partial charge < -0.3 is 15.7 Å². The monoisotopic (exact) mass is 272 g/mol. The molecule has 0 unspecified atom stereocenters. The van der Waals surface area contributed by atoms with Crippen molar-refractivity contribution in [2.24, 2.45) is 11.1 Å². The minimum Gasteiger partial charge on any atom is -0.480 e. The van der Waals surface area contributed by atoms with Crippen molar-refractivity contribution in [1.82, 2.24) is 4.90 Å². The molecule has 0 aromatic rings. The van der Waals surface area contributed by atoms with Gasteiger partial charge in [-0.25, -0.2) is 4.79 Å². The number of nitrogens with zero attached hydrogens (tertiary/aromatic N) is 1. The fourth-order valence-electron chi connectivity index (χ4n) is 2.09. The maximum Gasteiger partial charge on any atom is 0.329 e. The lowest BCUT2D eigenvalue weighted by Crippen LogP contribution is -2.53. The number of carbonyl (C=O) groups is 2. The number of carboxylic acids is 1. The van der Waals surface area contributed by atoms with E-state index in [1.807, 2.05) is 0 Å². The average molecular weight is 272 g/mol. The van der Waals surface area contributed by atoms with Crippen LogP contribution in [0.1, 0.15) is 53.9 Å². The molecule has 0 spiro atoms. The first-order chi connectivity index (χ1) is 8.58. The molecule has 0 saturated heterocycles. The summed E-state index contributed by atoms with van der Waals surface area (Å²) >= 11 is 0. The molecule has 0 rings (SSSR count). The second-order valence-electron chi connectivity index (χ2n) is 6.21. The van der Waals surface area contributed by atoms with Crippen molar-refractivity contribution in [3.05, 3.63) is 0 Å². The molecular formula is C14H28N2O3. The second kappa shape index (κ2) is 6.89.